The van der Waals surface area contributed by atoms with Crippen LogP contribution >= 0.6 is 0 Å². The van der Waals surface area contributed by atoms with Crippen molar-refractivity contribution in [2.45, 2.75) is 31.5 Å². The molecule has 1 saturated carbocycles. The van der Waals surface area contributed by atoms with Crippen LogP contribution in [0.25, 0.3) is 11.1 Å². The molecule has 1 aliphatic rings. The Labute approximate surface area is 131 Å². The molecule has 0 N–H and O–H groups in total. The summed E-state index contributed by atoms with van der Waals surface area (Å²) in [7, 11) is 0. The highest BCUT2D eigenvalue weighted by molar-refractivity contribution is 5.80. The Morgan fingerprint density at radius 2 is 1.91 bits per heavy atom. The van der Waals surface area contributed by atoms with E-state index in [4.69, 9.17) is 4.74 Å². The summed E-state index contributed by atoms with van der Waals surface area (Å²) >= 11 is 0. The van der Waals surface area contributed by atoms with Crippen LogP contribution in [0, 0.1) is 0 Å². The van der Waals surface area contributed by atoms with E-state index in [1.54, 1.807) is 18.2 Å². The minimum absolute atomic E-state index is 0.149. The molecular formula is C17H14F3NO2. The van der Waals surface area contributed by atoms with Crippen molar-refractivity contribution in [3.63, 3.8) is 0 Å². The van der Waals surface area contributed by atoms with Crippen LogP contribution in [0.4, 0.5) is 13.2 Å². The monoisotopic (exact) mass is 321 g/mol. The third-order valence-electron chi connectivity index (χ3n) is 3.81. The first-order chi connectivity index (χ1) is 11.0. The Bertz CT molecular complexity index is 707. The summed E-state index contributed by atoms with van der Waals surface area (Å²) in [6, 6.07) is 7.22. The lowest BCUT2D eigenvalue weighted by atomic mass is 9.96. The maximum atomic E-state index is 12.6. The van der Waals surface area contributed by atoms with Crippen molar-refractivity contribution < 1.29 is 22.7 Å². The predicted molar refractivity (Wildman–Crippen MR) is 78.3 cm³/mol. The number of aromatic nitrogens is 1. The molecule has 2 aromatic rings. The quantitative estimate of drug-likeness (QED) is 0.778. The SMILES string of the molecule is O=Cc1cc(OC2CCC2)cc(-c2ccc(C(F)(F)F)nc2)c1. The van der Waals surface area contributed by atoms with E-state index in [-0.39, 0.29) is 6.10 Å². The second-order valence-corrected chi connectivity index (χ2v) is 5.51. The third-order valence-corrected chi connectivity index (χ3v) is 3.81. The first kappa shape index (κ1) is 15.5. The third kappa shape index (κ3) is 3.52. The zero-order chi connectivity index (χ0) is 16.4. The number of carbonyl (C=O) groups is 1. The Kier molecular flexibility index (Phi) is 4.07. The standard InChI is InChI=1S/C17H14F3NO2/c18-17(19,20)16-5-4-12(9-21-16)13-6-11(10-22)7-15(8-13)23-14-2-1-3-14/h4-10,14H,1-3H2. The van der Waals surface area contributed by atoms with Gasteiger partial charge in [0.25, 0.3) is 0 Å². The molecule has 1 aliphatic carbocycles. The van der Waals surface area contributed by atoms with E-state index in [1.165, 1.54) is 6.07 Å². The van der Waals surface area contributed by atoms with E-state index < -0.39 is 11.9 Å². The van der Waals surface area contributed by atoms with Crippen LogP contribution in [-0.2, 0) is 6.18 Å². The fourth-order valence-electron chi connectivity index (χ4n) is 2.34. The van der Waals surface area contributed by atoms with Crippen molar-refractivity contribution in [3.8, 4) is 16.9 Å². The molecule has 1 fully saturated rings. The molecule has 1 heterocycles. The van der Waals surface area contributed by atoms with E-state index in [9.17, 15) is 18.0 Å². The van der Waals surface area contributed by atoms with Gasteiger partial charge >= 0.3 is 6.18 Å². The summed E-state index contributed by atoms with van der Waals surface area (Å²) in [5.74, 6) is 0.550. The van der Waals surface area contributed by atoms with Gasteiger partial charge in [0.2, 0.25) is 0 Å². The second kappa shape index (κ2) is 6.02. The number of nitrogens with zero attached hydrogens (tertiary/aromatic N) is 1. The molecule has 0 unspecified atom stereocenters. The fourth-order valence-corrected chi connectivity index (χ4v) is 2.34. The van der Waals surface area contributed by atoms with Gasteiger partial charge in [-0.25, -0.2) is 0 Å². The molecule has 3 nitrogen and oxygen atoms in total. The lowest BCUT2D eigenvalue weighted by Gasteiger charge is -2.26. The molecule has 0 radical (unpaired) electrons. The van der Waals surface area contributed by atoms with Gasteiger partial charge in [0.05, 0.1) is 6.10 Å². The second-order valence-electron chi connectivity index (χ2n) is 5.51. The molecule has 0 atom stereocenters. The number of aldehydes is 1. The van der Waals surface area contributed by atoms with Crippen LogP contribution in [-0.4, -0.2) is 17.4 Å². The Morgan fingerprint density at radius 1 is 1.13 bits per heavy atom. The molecule has 0 saturated heterocycles. The average Bonchev–Trinajstić information content (AvgIpc) is 2.50. The summed E-state index contributed by atoms with van der Waals surface area (Å²) in [6.45, 7) is 0. The van der Waals surface area contributed by atoms with Crippen LogP contribution in [0.5, 0.6) is 5.75 Å². The average molecular weight is 321 g/mol. The smallest absolute Gasteiger partial charge is 0.433 e. The van der Waals surface area contributed by atoms with Gasteiger partial charge in [-0.05, 0) is 49.1 Å². The van der Waals surface area contributed by atoms with Crippen LogP contribution in [0.1, 0.15) is 35.3 Å². The number of hydrogen-bond donors (Lipinski definition) is 0. The molecule has 1 aromatic heterocycles. The number of hydrogen-bond acceptors (Lipinski definition) is 3. The van der Waals surface area contributed by atoms with E-state index in [2.05, 4.69) is 4.98 Å². The first-order valence-corrected chi connectivity index (χ1v) is 7.26. The normalized spacial score (nSPS) is 15.1. The maximum absolute atomic E-state index is 12.6. The minimum Gasteiger partial charge on any atom is -0.490 e. The van der Waals surface area contributed by atoms with Gasteiger partial charge in [-0.3, -0.25) is 9.78 Å². The number of ether oxygens (including phenoxy) is 1. The van der Waals surface area contributed by atoms with Crippen molar-refractivity contribution in [3.05, 3.63) is 47.8 Å². The van der Waals surface area contributed by atoms with E-state index in [0.717, 1.165) is 31.5 Å². The van der Waals surface area contributed by atoms with E-state index >= 15 is 0 Å². The van der Waals surface area contributed by atoms with Gasteiger partial charge in [-0.1, -0.05) is 6.07 Å². The van der Waals surface area contributed by atoms with Crippen LogP contribution in [0.2, 0.25) is 0 Å². The molecule has 0 spiro atoms. The lowest BCUT2D eigenvalue weighted by Crippen LogP contribution is -2.24. The van der Waals surface area contributed by atoms with Crippen molar-refractivity contribution in [1.82, 2.24) is 4.98 Å². The molecular weight excluding hydrogens is 307 g/mol. The van der Waals surface area contributed by atoms with Gasteiger partial charge in [0.15, 0.2) is 0 Å². The molecule has 0 aliphatic heterocycles. The van der Waals surface area contributed by atoms with Crippen LogP contribution < -0.4 is 4.74 Å². The molecule has 120 valence electrons. The highest BCUT2D eigenvalue weighted by atomic mass is 19.4. The Balaban J connectivity index is 1.91. The van der Waals surface area contributed by atoms with Gasteiger partial charge in [0, 0.05) is 17.3 Å². The van der Waals surface area contributed by atoms with Gasteiger partial charge in [-0.2, -0.15) is 13.2 Å². The molecule has 3 rings (SSSR count). The summed E-state index contributed by atoms with van der Waals surface area (Å²) in [4.78, 5) is 14.5. The zero-order valence-electron chi connectivity index (χ0n) is 12.1. The first-order valence-electron chi connectivity index (χ1n) is 7.26. The fraction of sp³-hybridized carbons (Fsp3) is 0.294. The Hall–Kier alpha value is -2.37. The topological polar surface area (TPSA) is 39.2 Å². The number of halogens is 3. The summed E-state index contributed by atoms with van der Waals surface area (Å²) < 4.78 is 43.5. The number of carbonyl (C=O) groups excluding carboxylic acids is 1. The van der Waals surface area contributed by atoms with Gasteiger partial charge in [0.1, 0.15) is 17.7 Å². The number of alkyl halides is 3. The molecule has 23 heavy (non-hydrogen) atoms. The van der Waals surface area contributed by atoms with E-state index in [0.29, 0.717) is 28.7 Å². The number of rotatable bonds is 4. The van der Waals surface area contributed by atoms with Crippen molar-refractivity contribution in [2.24, 2.45) is 0 Å². The largest absolute Gasteiger partial charge is 0.490 e. The lowest BCUT2D eigenvalue weighted by molar-refractivity contribution is -0.141. The number of pyridine rings is 1. The highest BCUT2D eigenvalue weighted by Gasteiger charge is 2.32. The van der Waals surface area contributed by atoms with Crippen molar-refractivity contribution in [2.75, 3.05) is 0 Å². The number of benzene rings is 1. The predicted octanol–water partition coefficient (Wildman–Crippen LogP) is 4.51. The molecule has 6 heteroatoms. The van der Waals surface area contributed by atoms with Crippen LogP contribution in [0.3, 0.4) is 0 Å². The minimum atomic E-state index is -4.47. The summed E-state index contributed by atoms with van der Waals surface area (Å²) in [6.07, 6.45) is 0.588. The van der Waals surface area contributed by atoms with Gasteiger partial charge < -0.3 is 4.74 Å². The van der Waals surface area contributed by atoms with Gasteiger partial charge in [-0.15, -0.1) is 0 Å². The molecule has 0 bridgehead atoms. The Morgan fingerprint density at radius 3 is 2.43 bits per heavy atom. The van der Waals surface area contributed by atoms with E-state index in [1.807, 2.05) is 0 Å². The summed E-state index contributed by atoms with van der Waals surface area (Å²) in [5.41, 5.74) is 0.570. The van der Waals surface area contributed by atoms with Crippen LogP contribution in [0.15, 0.2) is 36.5 Å². The molecule has 0 amide bonds. The summed E-state index contributed by atoms with van der Waals surface area (Å²) in [5, 5.41) is 0. The highest BCUT2D eigenvalue weighted by Crippen LogP contribution is 2.32. The zero-order valence-corrected chi connectivity index (χ0v) is 12.1. The van der Waals surface area contributed by atoms with Crippen molar-refractivity contribution in [1.29, 1.82) is 0 Å². The van der Waals surface area contributed by atoms with Crippen molar-refractivity contribution >= 4 is 6.29 Å². The maximum Gasteiger partial charge on any atom is 0.433 e. The molecule has 1 aromatic carbocycles.